The molecule has 468 valence electrons. The summed E-state index contributed by atoms with van der Waals surface area (Å²) in [6.45, 7) is 21.1. The molecule has 0 aliphatic carbocycles. The summed E-state index contributed by atoms with van der Waals surface area (Å²) in [6, 6.07) is 5.06. The van der Waals surface area contributed by atoms with Crippen LogP contribution in [0.2, 0.25) is 0 Å². The molecule has 2 aromatic rings. The minimum Gasteiger partial charge on any atom is -0.481 e. The second-order valence-electron chi connectivity index (χ2n) is 21.3. The van der Waals surface area contributed by atoms with Gasteiger partial charge in [-0.2, -0.15) is 21.6 Å². The number of hydrogen-bond donors (Lipinski definition) is 8. The van der Waals surface area contributed by atoms with Crippen LogP contribution in [0.1, 0.15) is 107 Å². The molecule has 3 heterocycles. The van der Waals surface area contributed by atoms with E-state index in [1.165, 1.54) is 25.0 Å². The molecule has 1 unspecified atom stereocenters. The van der Waals surface area contributed by atoms with Gasteiger partial charge in [-0.15, -0.1) is 19.6 Å². The summed E-state index contributed by atoms with van der Waals surface area (Å²) in [5.41, 5.74) is 2.30. The van der Waals surface area contributed by atoms with Crippen molar-refractivity contribution in [3.63, 3.8) is 0 Å². The number of anilines is 2. The van der Waals surface area contributed by atoms with Crippen molar-refractivity contribution in [1.29, 1.82) is 0 Å². The summed E-state index contributed by atoms with van der Waals surface area (Å²) in [5.74, 6) is -2.81. The Labute approximate surface area is 514 Å². The predicted molar refractivity (Wildman–Crippen MR) is 307 cm³/mol. The molecule has 0 bridgehead atoms. The van der Waals surface area contributed by atoms with Crippen molar-refractivity contribution in [2.45, 2.75) is 121 Å². The Kier molecular flexibility index (Phi) is 35.5. The third-order valence-electron chi connectivity index (χ3n) is 14.8. The zero-order valence-corrected chi connectivity index (χ0v) is 49.8. The molecule has 2 aliphatic heterocycles. The summed E-state index contributed by atoms with van der Waals surface area (Å²) in [7, 11) is 3.89. The Balaban J connectivity index is 0.0000176. The molecule has 4 rings (SSSR count). The fourth-order valence-corrected chi connectivity index (χ4v) is 9.96. The maximum absolute atomic E-state index is 12.4. The van der Waals surface area contributed by atoms with E-state index in [0.29, 0.717) is 96.5 Å². The summed E-state index contributed by atoms with van der Waals surface area (Å²) >= 11 is 0. The molecule has 2 saturated heterocycles. The van der Waals surface area contributed by atoms with Crippen molar-refractivity contribution in [3.8, 4) is 0 Å². The Morgan fingerprint density at radius 2 is 1.26 bits per heavy atom. The number of carboxylic acid groups (broad SMARTS) is 4. The van der Waals surface area contributed by atoms with Crippen molar-refractivity contribution in [2.24, 2.45) is 0 Å². The molecule has 1 aromatic carbocycles. The van der Waals surface area contributed by atoms with E-state index in [-0.39, 0.29) is 68.2 Å². The van der Waals surface area contributed by atoms with Gasteiger partial charge in [0.25, 0.3) is 0 Å². The van der Waals surface area contributed by atoms with E-state index in [4.69, 9.17) is 25.3 Å². The number of unbranched alkanes of at least 4 members (excludes halogenated alkanes) is 8. The molecule has 2 aliphatic rings. The first-order chi connectivity index (χ1) is 39.0. The number of aromatic nitrogens is 3. The van der Waals surface area contributed by atoms with Crippen LogP contribution in [-0.2, 0) is 41.7 Å². The maximum atomic E-state index is 12.4. The third kappa shape index (κ3) is 28.8. The van der Waals surface area contributed by atoms with Gasteiger partial charge in [-0.05, 0) is 62.6 Å². The third-order valence-corrected chi connectivity index (χ3v) is 14.8. The van der Waals surface area contributed by atoms with Gasteiger partial charge in [0.05, 0.1) is 6.54 Å². The number of hydrogen-bond acceptors (Lipinski definition) is 18. The standard InChI is InChI=1S/C56H92N13O12.Lu/c1-5-64-27-29-67(42-51(73)74)30-28-66(37-38-81-80)31-34-68(6-2)45(41-64)39-43-19-21-44(22-20-43)40-48-60-54(63(3)4)62-55(61-48)69-35-32-65(33-36-69)26-16-12-10-8-7-9-11-13-18-49(70)57-25-15-14-17-46(52(75)76)58-56(79)59-47(53(77)78)23-24-50(71)72;/h19-22,38,45-47,80H,1-2,5-18,23-37,39-42H2,3-4H3,(H,57,70)(H,71,72)(H,73,74)(H,75,76)(H,77,78)(H2,58,59,79);/q-3;+3/t45?,46-,47-;/m0./s1. The first-order valence-corrected chi connectivity index (χ1v) is 28.8. The second-order valence-corrected chi connectivity index (χ2v) is 21.3. The molecule has 26 heteroatoms. The molecule has 2 fully saturated rings. The van der Waals surface area contributed by atoms with Crippen molar-refractivity contribution < 1.29 is 96.2 Å². The van der Waals surface area contributed by atoms with E-state index < -0.39 is 48.4 Å². The van der Waals surface area contributed by atoms with Gasteiger partial charge in [0.2, 0.25) is 17.8 Å². The summed E-state index contributed by atoms with van der Waals surface area (Å²) in [6.07, 6.45) is 10.5. The first kappa shape index (κ1) is 71.7. The van der Waals surface area contributed by atoms with Crippen LogP contribution in [-0.4, -0.2) is 244 Å². The van der Waals surface area contributed by atoms with Gasteiger partial charge in [0.1, 0.15) is 17.9 Å². The van der Waals surface area contributed by atoms with Crippen molar-refractivity contribution in [1.82, 2.24) is 55.4 Å². The average molecular weight is 1310 g/mol. The van der Waals surface area contributed by atoms with Crippen molar-refractivity contribution >= 4 is 47.7 Å². The molecule has 0 spiro atoms. The number of benzene rings is 1. The molecule has 25 nitrogen and oxygen atoms in total. The van der Waals surface area contributed by atoms with E-state index in [2.05, 4.69) is 83.5 Å². The number of rotatable bonds is 36. The minimum absolute atomic E-state index is 0. The van der Waals surface area contributed by atoms with E-state index in [1.54, 1.807) is 0 Å². The van der Waals surface area contributed by atoms with Crippen LogP contribution in [0.3, 0.4) is 0 Å². The maximum Gasteiger partial charge on any atom is 3.00 e. The molecule has 3 atom stereocenters. The van der Waals surface area contributed by atoms with Crippen LogP contribution in [0.4, 0.5) is 16.7 Å². The molecular weight excluding hydrogens is 1220 g/mol. The van der Waals surface area contributed by atoms with Gasteiger partial charge in [-0.25, -0.2) is 14.4 Å². The minimum atomic E-state index is -1.47. The number of urea groups is 1. The quantitative estimate of drug-likeness (QED) is 0.0210. The Morgan fingerprint density at radius 3 is 1.85 bits per heavy atom. The van der Waals surface area contributed by atoms with Crippen molar-refractivity contribution in [3.05, 3.63) is 61.7 Å². The van der Waals surface area contributed by atoms with Crippen LogP contribution in [0.15, 0.2) is 24.3 Å². The van der Waals surface area contributed by atoms with Crippen LogP contribution in [0, 0.1) is 57.3 Å². The van der Waals surface area contributed by atoms with Gasteiger partial charge in [0, 0.05) is 118 Å². The monoisotopic (exact) mass is 1310 g/mol. The molecule has 0 saturated carbocycles. The van der Waals surface area contributed by atoms with E-state index in [0.717, 1.165) is 102 Å². The van der Waals surface area contributed by atoms with Gasteiger partial charge in [-0.1, -0.05) is 62.8 Å². The van der Waals surface area contributed by atoms with Gasteiger partial charge in [-0.3, -0.25) is 29.4 Å². The fourth-order valence-electron chi connectivity index (χ4n) is 9.96. The Morgan fingerprint density at radius 1 is 0.671 bits per heavy atom. The van der Waals surface area contributed by atoms with Crippen LogP contribution < -0.4 is 25.8 Å². The van der Waals surface area contributed by atoms with Crippen LogP contribution in [0.25, 0.3) is 0 Å². The largest absolute Gasteiger partial charge is 3.00 e. The average Bonchev–Trinajstić information content (AvgIpc) is 3.64. The van der Waals surface area contributed by atoms with E-state index in [1.807, 2.05) is 23.9 Å². The molecule has 1 aromatic heterocycles. The zero-order chi connectivity index (χ0) is 58.9. The topological polar surface area (TPSA) is 310 Å². The number of piperazine rings is 1. The smallest absolute Gasteiger partial charge is 0.481 e. The number of carboxylic acids is 4. The number of carbonyl (C=O) groups is 6. The molecule has 0 radical (unpaired) electrons. The summed E-state index contributed by atoms with van der Waals surface area (Å²) < 4.78 is 0. The van der Waals surface area contributed by atoms with Gasteiger partial charge in [0.15, 0.2) is 0 Å². The number of amides is 3. The molecular formula is C56H92LuN13O12. The zero-order valence-electron chi connectivity index (χ0n) is 48.2. The van der Waals surface area contributed by atoms with E-state index >= 15 is 0 Å². The van der Waals surface area contributed by atoms with Crippen molar-refractivity contribution in [2.75, 3.05) is 135 Å². The van der Waals surface area contributed by atoms with Gasteiger partial charge >= 0.3 is 66.8 Å². The second kappa shape index (κ2) is 40.6. The normalized spacial score (nSPS) is 17.1. The van der Waals surface area contributed by atoms with Crippen LogP contribution in [0.5, 0.6) is 0 Å². The first-order valence-electron chi connectivity index (χ1n) is 28.8. The number of aliphatic carboxylic acids is 4. The number of carbonyl (C=O) groups excluding carboxylic acids is 2. The molecule has 8 N–H and O–H groups in total. The SMILES string of the molecule is [CH2-]CN1CCN(CC(=O)O)CCN(C[CH-]OO)CCN(C[CH2-])C(Cc2ccc(Cc3nc(N(C)C)nc(N4CCN(CCCCCCCCCCC(=O)NCCCC[C@H](NC(=O)N[C@@H](CCC(=O)O)C(=O)O)C(=O)O)CC4)n3)cc2)C1.[Lu+3]. The van der Waals surface area contributed by atoms with Crippen LogP contribution >= 0.6 is 0 Å². The van der Waals surface area contributed by atoms with E-state index in [9.17, 15) is 44.1 Å². The molecule has 3 amide bonds. The number of nitrogens with one attached hydrogen (secondary N) is 3. The predicted octanol–water partition coefficient (Wildman–Crippen LogP) is 3.06. The number of nitrogens with zero attached hydrogens (tertiary/aromatic N) is 10. The Hall–Kier alpha value is -4.60. The molecule has 82 heavy (non-hydrogen) atoms. The summed E-state index contributed by atoms with van der Waals surface area (Å²) in [4.78, 5) is 104. The van der Waals surface area contributed by atoms with Gasteiger partial charge < -0.3 is 79.6 Å². The summed E-state index contributed by atoms with van der Waals surface area (Å²) in [5, 5.41) is 53.3. The Bertz CT molecular complexity index is 2200. The fraction of sp³-hybridized carbons (Fsp3) is 0.679.